The van der Waals surface area contributed by atoms with Crippen LogP contribution in [0.5, 0.6) is 0 Å². The van der Waals surface area contributed by atoms with E-state index in [1.807, 2.05) is 31.2 Å². The summed E-state index contributed by atoms with van der Waals surface area (Å²) in [4.78, 5) is 11.2. The Bertz CT molecular complexity index is 324. The summed E-state index contributed by atoms with van der Waals surface area (Å²) in [5.41, 5.74) is 1.07. The van der Waals surface area contributed by atoms with E-state index in [9.17, 15) is 4.79 Å². The lowest BCUT2D eigenvalue weighted by Gasteiger charge is -2.13. The number of halogens is 1. The number of amides is 1. The number of hydrogen-bond acceptors (Lipinski definition) is 2. The van der Waals surface area contributed by atoms with Gasteiger partial charge in [0.25, 0.3) is 0 Å². The van der Waals surface area contributed by atoms with Crippen molar-refractivity contribution in [1.29, 1.82) is 0 Å². The molecule has 1 rings (SSSR count). The number of benzene rings is 1. The highest BCUT2D eigenvalue weighted by Crippen LogP contribution is 2.16. The lowest BCUT2D eigenvalue weighted by atomic mass is 10.1. The lowest BCUT2D eigenvalue weighted by molar-refractivity contribution is -0.125. The normalized spacial score (nSPS) is 12.2. The molecule has 82 valence electrons. The minimum Gasteiger partial charge on any atom is -0.375 e. The van der Waals surface area contributed by atoms with E-state index in [2.05, 4.69) is 21.2 Å². The molecule has 0 saturated carbocycles. The zero-order chi connectivity index (χ0) is 11.3. The zero-order valence-electron chi connectivity index (χ0n) is 8.79. The number of rotatable bonds is 4. The average molecular weight is 272 g/mol. The highest BCUT2D eigenvalue weighted by Gasteiger charge is 2.08. The molecule has 1 atom stereocenters. The Balaban J connectivity index is 2.57. The Hall–Kier alpha value is -0.870. The fraction of sp³-hybridized carbons (Fsp3) is 0.364. The second kappa shape index (κ2) is 5.88. The van der Waals surface area contributed by atoms with Crippen molar-refractivity contribution in [2.24, 2.45) is 0 Å². The van der Waals surface area contributed by atoms with Crippen LogP contribution < -0.4 is 5.32 Å². The van der Waals surface area contributed by atoms with E-state index < -0.39 is 0 Å². The third kappa shape index (κ3) is 4.01. The van der Waals surface area contributed by atoms with Crippen molar-refractivity contribution >= 4 is 21.8 Å². The first-order chi connectivity index (χ1) is 7.13. The molecule has 1 amide bonds. The minimum atomic E-state index is -0.104. The van der Waals surface area contributed by atoms with Crippen LogP contribution in [0, 0.1) is 0 Å². The molecule has 0 saturated heterocycles. The summed E-state index contributed by atoms with van der Waals surface area (Å²) in [6.07, 6.45) is 0. The zero-order valence-corrected chi connectivity index (χ0v) is 10.4. The van der Waals surface area contributed by atoms with E-state index in [-0.39, 0.29) is 18.6 Å². The summed E-state index contributed by atoms with van der Waals surface area (Å²) >= 11 is 3.36. The van der Waals surface area contributed by atoms with Crippen molar-refractivity contribution in [3.05, 3.63) is 34.3 Å². The van der Waals surface area contributed by atoms with Crippen molar-refractivity contribution in [3.8, 4) is 0 Å². The lowest BCUT2D eigenvalue weighted by Crippen LogP contribution is -2.29. The van der Waals surface area contributed by atoms with Crippen LogP contribution in [0.25, 0.3) is 0 Å². The second-order valence-corrected chi connectivity index (χ2v) is 4.19. The van der Waals surface area contributed by atoms with Crippen LogP contribution in [-0.4, -0.2) is 19.6 Å². The smallest absolute Gasteiger partial charge is 0.246 e. The summed E-state index contributed by atoms with van der Waals surface area (Å²) in [5, 5.41) is 2.84. The van der Waals surface area contributed by atoms with Gasteiger partial charge in [0, 0.05) is 11.6 Å². The molecule has 0 aliphatic carbocycles. The largest absolute Gasteiger partial charge is 0.375 e. The molecule has 0 heterocycles. The van der Waals surface area contributed by atoms with Crippen LogP contribution in [0.15, 0.2) is 28.7 Å². The van der Waals surface area contributed by atoms with Gasteiger partial charge in [0.15, 0.2) is 0 Å². The van der Waals surface area contributed by atoms with E-state index in [1.165, 1.54) is 7.11 Å². The predicted molar refractivity (Wildman–Crippen MR) is 62.6 cm³/mol. The Morgan fingerprint density at radius 2 is 2.07 bits per heavy atom. The molecule has 0 spiro atoms. The standard InChI is InChI=1S/C11H14BrNO2/c1-8(13-11(14)7-15-2)9-3-5-10(12)6-4-9/h3-6,8H,7H2,1-2H3,(H,13,14). The molecule has 4 heteroatoms. The van der Waals surface area contributed by atoms with Crippen LogP contribution in [0.1, 0.15) is 18.5 Å². The molecule has 0 bridgehead atoms. The first kappa shape index (κ1) is 12.2. The molecule has 0 aliphatic rings. The molecule has 1 aromatic carbocycles. The average Bonchev–Trinajstić information content (AvgIpc) is 2.18. The van der Waals surface area contributed by atoms with Crippen LogP contribution in [0.2, 0.25) is 0 Å². The molecule has 3 nitrogen and oxygen atoms in total. The Morgan fingerprint density at radius 1 is 1.47 bits per heavy atom. The van der Waals surface area contributed by atoms with Gasteiger partial charge in [0.05, 0.1) is 6.04 Å². The van der Waals surface area contributed by atoms with Crippen LogP contribution in [-0.2, 0) is 9.53 Å². The third-order valence-electron chi connectivity index (χ3n) is 2.02. The van der Waals surface area contributed by atoms with Gasteiger partial charge in [-0.25, -0.2) is 0 Å². The maximum absolute atomic E-state index is 11.2. The Labute approximate surface area is 97.9 Å². The van der Waals surface area contributed by atoms with Crippen LogP contribution in [0.3, 0.4) is 0 Å². The van der Waals surface area contributed by atoms with Crippen molar-refractivity contribution in [1.82, 2.24) is 5.32 Å². The van der Waals surface area contributed by atoms with Gasteiger partial charge >= 0.3 is 0 Å². The van der Waals surface area contributed by atoms with Gasteiger partial charge in [-0.1, -0.05) is 28.1 Å². The van der Waals surface area contributed by atoms with Crippen LogP contribution >= 0.6 is 15.9 Å². The van der Waals surface area contributed by atoms with Crippen molar-refractivity contribution in [2.75, 3.05) is 13.7 Å². The highest BCUT2D eigenvalue weighted by molar-refractivity contribution is 9.10. The molecule has 0 aromatic heterocycles. The molecule has 0 radical (unpaired) electrons. The molecular formula is C11H14BrNO2. The molecule has 1 unspecified atom stereocenters. The molecule has 1 aromatic rings. The van der Waals surface area contributed by atoms with Gasteiger partial charge in [-0.3, -0.25) is 4.79 Å². The van der Waals surface area contributed by atoms with Crippen molar-refractivity contribution in [2.45, 2.75) is 13.0 Å². The molecule has 1 N–H and O–H groups in total. The number of ether oxygens (including phenoxy) is 1. The topological polar surface area (TPSA) is 38.3 Å². The van der Waals surface area contributed by atoms with Gasteiger partial charge < -0.3 is 10.1 Å². The second-order valence-electron chi connectivity index (χ2n) is 3.27. The minimum absolute atomic E-state index is 0.000694. The summed E-state index contributed by atoms with van der Waals surface area (Å²) in [6.45, 7) is 2.04. The van der Waals surface area contributed by atoms with E-state index >= 15 is 0 Å². The molecule has 0 fully saturated rings. The quantitative estimate of drug-likeness (QED) is 0.913. The van der Waals surface area contributed by atoms with Crippen LogP contribution in [0.4, 0.5) is 0 Å². The summed E-state index contributed by atoms with van der Waals surface area (Å²) in [7, 11) is 1.50. The maximum atomic E-state index is 11.2. The van der Waals surface area contributed by atoms with Gasteiger partial charge in [0.1, 0.15) is 6.61 Å². The van der Waals surface area contributed by atoms with E-state index in [0.29, 0.717) is 0 Å². The summed E-state index contributed by atoms with van der Waals surface area (Å²) in [6, 6.07) is 7.85. The Morgan fingerprint density at radius 3 is 2.60 bits per heavy atom. The predicted octanol–water partition coefficient (Wildman–Crippen LogP) is 2.27. The molecule has 15 heavy (non-hydrogen) atoms. The first-order valence-electron chi connectivity index (χ1n) is 4.67. The molecule has 0 aliphatic heterocycles. The molecular weight excluding hydrogens is 258 g/mol. The van der Waals surface area contributed by atoms with Gasteiger partial charge in [-0.05, 0) is 24.6 Å². The van der Waals surface area contributed by atoms with E-state index in [4.69, 9.17) is 4.74 Å². The Kier molecular flexibility index (Phi) is 4.78. The summed E-state index contributed by atoms with van der Waals surface area (Å²) < 4.78 is 5.77. The SMILES string of the molecule is COCC(=O)NC(C)c1ccc(Br)cc1. The van der Waals surface area contributed by atoms with Crippen molar-refractivity contribution in [3.63, 3.8) is 0 Å². The number of carbonyl (C=O) groups excluding carboxylic acids is 1. The summed E-state index contributed by atoms with van der Waals surface area (Å²) in [5.74, 6) is -0.104. The fourth-order valence-electron chi connectivity index (χ4n) is 1.25. The third-order valence-corrected chi connectivity index (χ3v) is 2.55. The van der Waals surface area contributed by atoms with Gasteiger partial charge in [-0.15, -0.1) is 0 Å². The van der Waals surface area contributed by atoms with E-state index in [1.54, 1.807) is 0 Å². The monoisotopic (exact) mass is 271 g/mol. The fourth-order valence-corrected chi connectivity index (χ4v) is 1.51. The van der Waals surface area contributed by atoms with E-state index in [0.717, 1.165) is 10.0 Å². The number of carbonyl (C=O) groups is 1. The maximum Gasteiger partial charge on any atom is 0.246 e. The van der Waals surface area contributed by atoms with Gasteiger partial charge in [-0.2, -0.15) is 0 Å². The number of hydrogen-bond donors (Lipinski definition) is 1. The number of nitrogens with one attached hydrogen (secondary N) is 1. The van der Waals surface area contributed by atoms with Gasteiger partial charge in [0.2, 0.25) is 5.91 Å². The van der Waals surface area contributed by atoms with Crippen molar-refractivity contribution < 1.29 is 9.53 Å². The highest BCUT2D eigenvalue weighted by atomic mass is 79.9. The number of methoxy groups -OCH3 is 1. The first-order valence-corrected chi connectivity index (χ1v) is 5.46.